The van der Waals surface area contributed by atoms with Gasteiger partial charge in [0.15, 0.2) is 0 Å². The van der Waals surface area contributed by atoms with Crippen LogP contribution in [0.15, 0.2) is 42.6 Å². The molecule has 0 aliphatic carbocycles. The number of rotatable bonds is 6. The van der Waals surface area contributed by atoms with E-state index in [2.05, 4.69) is 20.9 Å². The lowest BCUT2D eigenvalue weighted by Gasteiger charge is -2.09. The number of esters is 1. The summed E-state index contributed by atoms with van der Waals surface area (Å²) in [5, 5.41) is 1.65. The number of aryl methyl sites for hydroxylation is 1. The van der Waals surface area contributed by atoms with Crippen LogP contribution in [0.2, 0.25) is 0 Å². The molecule has 25 heavy (non-hydrogen) atoms. The highest BCUT2D eigenvalue weighted by Crippen LogP contribution is 2.31. The molecule has 3 rings (SSSR count). The molecule has 0 saturated carbocycles. The maximum atomic E-state index is 12.2. The second kappa shape index (κ2) is 7.70. The number of carbonyl (C=O) groups is 1. The van der Waals surface area contributed by atoms with Crippen molar-refractivity contribution in [2.24, 2.45) is 0 Å². The minimum Gasteiger partial charge on any atom is -0.494 e. The van der Waals surface area contributed by atoms with Gasteiger partial charge >= 0.3 is 5.97 Å². The van der Waals surface area contributed by atoms with E-state index in [9.17, 15) is 4.79 Å². The molecule has 0 atom stereocenters. The van der Waals surface area contributed by atoms with Crippen LogP contribution in [0.4, 0.5) is 0 Å². The number of hydrogen-bond donors (Lipinski definition) is 0. The minimum absolute atomic E-state index is 0.355. The van der Waals surface area contributed by atoms with Gasteiger partial charge in [0, 0.05) is 29.0 Å². The molecule has 0 unspecified atom stereocenters. The number of fused-ring (bicyclic) bond motifs is 1. The van der Waals surface area contributed by atoms with Crippen LogP contribution in [0.3, 0.4) is 0 Å². The van der Waals surface area contributed by atoms with Gasteiger partial charge in [-0.05, 0) is 31.2 Å². The number of aromatic nitrogens is 2. The topological polar surface area (TPSA) is 53.4 Å². The van der Waals surface area contributed by atoms with Crippen molar-refractivity contribution < 1.29 is 14.3 Å². The summed E-state index contributed by atoms with van der Waals surface area (Å²) in [5.41, 5.74) is 3.24. The van der Waals surface area contributed by atoms with E-state index in [-0.39, 0.29) is 5.97 Å². The predicted octanol–water partition coefficient (Wildman–Crippen LogP) is 4.28. The highest BCUT2D eigenvalue weighted by molar-refractivity contribution is 9.09. The average Bonchev–Trinajstić information content (AvgIpc) is 3.01. The Balaban J connectivity index is 2.20. The molecule has 0 amide bonds. The first kappa shape index (κ1) is 17.5. The lowest BCUT2D eigenvalue weighted by atomic mass is 10.1. The molecule has 5 nitrogen and oxygen atoms in total. The highest BCUT2D eigenvalue weighted by atomic mass is 79.9. The van der Waals surface area contributed by atoms with Gasteiger partial charge in [0.1, 0.15) is 11.4 Å². The van der Waals surface area contributed by atoms with E-state index in [1.54, 1.807) is 6.20 Å². The lowest BCUT2D eigenvalue weighted by Crippen LogP contribution is -2.11. The highest BCUT2D eigenvalue weighted by Gasteiger charge is 2.18. The second-order valence-corrected chi connectivity index (χ2v) is 6.21. The summed E-state index contributed by atoms with van der Waals surface area (Å²) in [5.74, 6) is 0.443. The molecule has 2 heterocycles. The zero-order valence-electron chi connectivity index (χ0n) is 14.2. The van der Waals surface area contributed by atoms with E-state index in [4.69, 9.17) is 9.47 Å². The number of alkyl halides is 1. The van der Waals surface area contributed by atoms with Crippen molar-refractivity contribution in [3.8, 4) is 17.0 Å². The quantitative estimate of drug-likeness (QED) is 0.455. The summed E-state index contributed by atoms with van der Waals surface area (Å²) in [7, 11) is 1.39. The van der Waals surface area contributed by atoms with Crippen molar-refractivity contribution in [3.05, 3.63) is 48.3 Å². The summed E-state index contributed by atoms with van der Waals surface area (Å²) in [6, 6.07) is 11.6. The van der Waals surface area contributed by atoms with E-state index >= 15 is 0 Å². The third-order valence-corrected chi connectivity index (χ3v) is 4.31. The zero-order valence-corrected chi connectivity index (χ0v) is 15.7. The molecule has 2 aromatic heterocycles. The van der Waals surface area contributed by atoms with Crippen molar-refractivity contribution in [1.29, 1.82) is 0 Å². The molecule has 0 fully saturated rings. The summed E-state index contributed by atoms with van der Waals surface area (Å²) in [6.07, 6.45) is 1.76. The lowest BCUT2D eigenvalue weighted by molar-refractivity contribution is 0.0589. The van der Waals surface area contributed by atoms with Crippen LogP contribution in [-0.4, -0.2) is 34.6 Å². The predicted molar refractivity (Wildman–Crippen MR) is 101 cm³/mol. The van der Waals surface area contributed by atoms with Crippen LogP contribution in [0.1, 0.15) is 17.4 Å². The fourth-order valence-corrected chi connectivity index (χ4v) is 3.27. The third kappa shape index (κ3) is 3.39. The molecule has 0 aliphatic heterocycles. The van der Waals surface area contributed by atoms with E-state index in [1.807, 2.05) is 47.9 Å². The van der Waals surface area contributed by atoms with Crippen LogP contribution >= 0.6 is 15.9 Å². The number of nitrogens with zero attached hydrogens (tertiary/aromatic N) is 2. The van der Waals surface area contributed by atoms with Gasteiger partial charge in [0.2, 0.25) is 0 Å². The van der Waals surface area contributed by atoms with Gasteiger partial charge < -0.3 is 14.0 Å². The number of benzene rings is 1. The van der Waals surface area contributed by atoms with Crippen molar-refractivity contribution in [3.63, 3.8) is 0 Å². The number of ether oxygens (including phenoxy) is 2. The van der Waals surface area contributed by atoms with Crippen molar-refractivity contribution >= 4 is 32.8 Å². The number of methoxy groups -OCH3 is 1. The van der Waals surface area contributed by atoms with Crippen LogP contribution in [0, 0.1) is 0 Å². The molecule has 0 N–H and O–H groups in total. The Morgan fingerprint density at radius 1 is 1.28 bits per heavy atom. The van der Waals surface area contributed by atoms with Crippen LogP contribution < -0.4 is 4.74 Å². The molecule has 0 aliphatic rings. The van der Waals surface area contributed by atoms with E-state index in [0.29, 0.717) is 18.8 Å². The van der Waals surface area contributed by atoms with Crippen molar-refractivity contribution in [2.75, 3.05) is 19.0 Å². The third-order valence-electron chi connectivity index (χ3n) is 3.95. The van der Waals surface area contributed by atoms with Gasteiger partial charge in [-0.2, -0.15) is 0 Å². The Kier molecular flexibility index (Phi) is 5.38. The van der Waals surface area contributed by atoms with Crippen LogP contribution in [0.5, 0.6) is 5.75 Å². The Morgan fingerprint density at radius 3 is 2.84 bits per heavy atom. The monoisotopic (exact) mass is 402 g/mol. The summed E-state index contributed by atoms with van der Waals surface area (Å²) in [6.45, 7) is 3.22. The van der Waals surface area contributed by atoms with Crippen molar-refractivity contribution in [1.82, 2.24) is 9.55 Å². The summed E-state index contributed by atoms with van der Waals surface area (Å²) < 4.78 is 12.5. The number of hydrogen-bond acceptors (Lipinski definition) is 4. The fraction of sp³-hybridized carbons (Fsp3) is 0.263. The van der Waals surface area contributed by atoms with E-state index in [0.717, 1.165) is 33.2 Å². The molecular formula is C19H19BrN2O3. The molecule has 0 spiro atoms. The summed E-state index contributed by atoms with van der Waals surface area (Å²) >= 11 is 3.45. The maximum Gasteiger partial charge on any atom is 0.354 e. The first-order chi connectivity index (χ1) is 12.2. The van der Waals surface area contributed by atoms with Crippen LogP contribution in [0.25, 0.3) is 22.2 Å². The van der Waals surface area contributed by atoms with E-state index in [1.165, 1.54) is 7.11 Å². The van der Waals surface area contributed by atoms with Gasteiger partial charge in [-0.15, -0.1) is 0 Å². The molecule has 6 heteroatoms. The number of halogens is 1. The average molecular weight is 403 g/mol. The Hall–Kier alpha value is -2.34. The molecule has 0 bridgehead atoms. The zero-order chi connectivity index (χ0) is 17.8. The van der Waals surface area contributed by atoms with Gasteiger partial charge in [0.25, 0.3) is 0 Å². The smallest absolute Gasteiger partial charge is 0.354 e. The first-order valence-electron chi connectivity index (χ1n) is 8.05. The molecule has 0 radical (unpaired) electrons. The molecule has 130 valence electrons. The number of carbonyl (C=O) groups excluding carboxylic acids is 1. The van der Waals surface area contributed by atoms with Gasteiger partial charge in [-0.1, -0.05) is 28.1 Å². The Labute approximate surface area is 154 Å². The fourth-order valence-electron chi connectivity index (χ4n) is 2.91. The molecule has 3 aromatic rings. The van der Waals surface area contributed by atoms with Crippen LogP contribution in [-0.2, 0) is 11.3 Å². The molecular weight excluding hydrogens is 384 g/mol. The molecule has 0 saturated heterocycles. The van der Waals surface area contributed by atoms with Gasteiger partial charge in [-0.3, -0.25) is 4.98 Å². The van der Waals surface area contributed by atoms with Gasteiger partial charge in [0.05, 0.1) is 24.9 Å². The standard InChI is InChI=1S/C19H19BrN2O3/c1-3-25-14-6-4-5-13(11-14)18-15-12-17(19(23)24-2)22(10-8-20)16(15)7-9-21-18/h4-7,9,11-12H,3,8,10H2,1-2H3. The summed E-state index contributed by atoms with van der Waals surface area (Å²) in [4.78, 5) is 16.7. The van der Waals surface area contributed by atoms with Gasteiger partial charge in [-0.25, -0.2) is 4.79 Å². The first-order valence-corrected chi connectivity index (χ1v) is 9.17. The largest absolute Gasteiger partial charge is 0.494 e. The normalized spacial score (nSPS) is 10.8. The minimum atomic E-state index is -0.355. The van der Waals surface area contributed by atoms with Crippen molar-refractivity contribution in [2.45, 2.75) is 13.5 Å². The maximum absolute atomic E-state index is 12.2. The Bertz CT molecular complexity index is 905. The molecule has 1 aromatic carbocycles. The van der Waals surface area contributed by atoms with E-state index < -0.39 is 0 Å². The second-order valence-electron chi connectivity index (χ2n) is 5.41. The number of pyridine rings is 1. The Morgan fingerprint density at radius 2 is 2.12 bits per heavy atom. The SMILES string of the molecule is CCOc1cccc(-c2nccc3c2cc(C(=O)OC)n3CCBr)c1.